The first-order chi connectivity index (χ1) is 13.6. The normalized spacial score (nSPS) is 19.2. The van der Waals surface area contributed by atoms with Crippen LogP contribution >= 0.6 is 24.0 Å². The van der Waals surface area contributed by atoms with Crippen LogP contribution in [-0.2, 0) is 6.54 Å². The number of nitrogens with one attached hydrogen (secondary N) is 2. The maximum absolute atomic E-state index is 5.94. The minimum Gasteiger partial charge on any atom is -0.474 e. The van der Waals surface area contributed by atoms with Gasteiger partial charge < -0.3 is 20.3 Å². The fraction of sp³-hybridized carbons (Fsp3) is 0.727. The smallest absolute Gasteiger partial charge is 0.213 e. The predicted octanol–water partition coefficient (Wildman–Crippen LogP) is 3.95. The molecule has 0 amide bonds. The second kappa shape index (κ2) is 12.6. The molecule has 2 fully saturated rings. The molecule has 2 heterocycles. The van der Waals surface area contributed by atoms with Crippen molar-refractivity contribution < 1.29 is 4.74 Å². The van der Waals surface area contributed by atoms with E-state index in [-0.39, 0.29) is 24.0 Å². The number of aliphatic imine (C=N–C) groups is 1. The van der Waals surface area contributed by atoms with E-state index in [0.29, 0.717) is 24.7 Å². The van der Waals surface area contributed by atoms with Gasteiger partial charge in [0.15, 0.2) is 5.96 Å². The van der Waals surface area contributed by atoms with Crippen molar-refractivity contribution in [3.8, 4) is 5.88 Å². The number of piperidine rings is 1. The van der Waals surface area contributed by atoms with Gasteiger partial charge in [0, 0.05) is 44.0 Å². The van der Waals surface area contributed by atoms with E-state index >= 15 is 0 Å². The Balaban J connectivity index is 0.00000300. The van der Waals surface area contributed by atoms with Gasteiger partial charge in [-0.3, -0.25) is 0 Å². The van der Waals surface area contributed by atoms with Crippen LogP contribution in [-0.4, -0.2) is 53.7 Å². The topological polar surface area (TPSA) is 61.8 Å². The van der Waals surface area contributed by atoms with Crippen LogP contribution in [0.25, 0.3) is 0 Å². The number of hydrogen-bond donors (Lipinski definition) is 2. The Morgan fingerprint density at radius 2 is 1.93 bits per heavy atom. The lowest BCUT2D eigenvalue weighted by molar-refractivity contribution is 0.167. The number of ether oxygens (including phenoxy) is 1. The molecular formula is C22H38IN5O. The summed E-state index contributed by atoms with van der Waals surface area (Å²) in [7, 11) is 0. The molecule has 0 atom stereocenters. The molecule has 1 saturated heterocycles. The number of hydrogen-bond acceptors (Lipinski definition) is 4. The van der Waals surface area contributed by atoms with Crippen LogP contribution in [0.4, 0.5) is 0 Å². The molecule has 1 aliphatic heterocycles. The summed E-state index contributed by atoms with van der Waals surface area (Å²) in [5.74, 6) is 1.64. The SMILES string of the molecule is CCNC(=NCc1ccc(OC2CCCC2)nc1)NC1CCN(C(C)C)CC1.I. The average molecular weight is 515 g/mol. The number of nitrogens with zero attached hydrogens (tertiary/aromatic N) is 3. The Bertz CT molecular complexity index is 608. The van der Waals surface area contributed by atoms with Crippen LogP contribution in [0.1, 0.15) is 64.9 Å². The predicted molar refractivity (Wildman–Crippen MR) is 130 cm³/mol. The highest BCUT2D eigenvalue weighted by molar-refractivity contribution is 14.0. The molecule has 3 rings (SSSR count). The third-order valence-electron chi connectivity index (χ3n) is 5.75. The Kier molecular flexibility index (Phi) is 10.5. The van der Waals surface area contributed by atoms with Gasteiger partial charge in [0.05, 0.1) is 6.54 Å². The first-order valence-corrected chi connectivity index (χ1v) is 11.0. The number of pyridine rings is 1. The molecule has 0 unspecified atom stereocenters. The van der Waals surface area contributed by atoms with Crippen molar-refractivity contribution in [1.82, 2.24) is 20.5 Å². The van der Waals surface area contributed by atoms with E-state index in [9.17, 15) is 0 Å². The summed E-state index contributed by atoms with van der Waals surface area (Å²) in [5, 5.41) is 6.99. The quantitative estimate of drug-likeness (QED) is 0.327. The van der Waals surface area contributed by atoms with Gasteiger partial charge in [0.2, 0.25) is 5.88 Å². The van der Waals surface area contributed by atoms with Gasteiger partial charge in [0.1, 0.15) is 6.10 Å². The molecule has 0 bridgehead atoms. The van der Waals surface area contributed by atoms with Crippen LogP contribution in [0.3, 0.4) is 0 Å². The second-order valence-electron chi connectivity index (χ2n) is 8.27. The molecule has 1 aromatic rings. The molecule has 0 radical (unpaired) electrons. The monoisotopic (exact) mass is 515 g/mol. The van der Waals surface area contributed by atoms with Gasteiger partial charge in [-0.15, -0.1) is 24.0 Å². The van der Waals surface area contributed by atoms with Crippen molar-refractivity contribution in [2.24, 2.45) is 4.99 Å². The van der Waals surface area contributed by atoms with Crippen LogP contribution in [0, 0.1) is 0 Å². The van der Waals surface area contributed by atoms with Crippen LogP contribution in [0.5, 0.6) is 5.88 Å². The first kappa shape index (κ1) is 24.2. The average Bonchev–Trinajstić information content (AvgIpc) is 3.21. The molecule has 1 aliphatic carbocycles. The van der Waals surface area contributed by atoms with E-state index in [4.69, 9.17) is 9.73 Å². The van der Waals surface area contributed by atoms with Crippen LogP contribution < -0.4 is 15.4 Å². The summed E-state index contributed by atoms with van der Waals surface area (Å²) in [4.78, 5) is 11.8. The maximum atomic E-state index is 5.94. The molecule has 0 aromatic carbocycles. The molecular weight excluding hydrogens is 477 g/mol. The van der Waals surface area contributed by atoms with Crippen molar-refractivity contribution in [1.29, 1.82) is 0 Å². The summed E-state index contributed by atoms with van der Waals surface area (Å²) in [6.07, 6.45) is 9.42. The number of likely N-dealkylation sites (tertiary alicyclic amines) is 1. The Morgan fingerprint density at radius 3 is 2.52 bits per heavy atom. The van der Waals surface area contributed by atoms with Gasteiger partial charge in [-0.25, -0.2) is 9.98 Å². The zero-order valence-corrected chi connectivity index (χ0v) is 20.5. The van der Waals surface area contributed by atoms with Crippen molar-refractivity contribution in [2.75, 3.05) is 19.6 Å². The fourth-order valence-corrected chi connectivity index (χ4v) is 4.00. The van der Waals surface area contributed by atoms with E-state index in [1.165, 1.54) is 12.8 Å². The number of guanidine groups is 1. The fourth-order valence-electron chi connectivity index (χ4n) is 4.00. The zero-order chi connectivity index (χ0) is 19.8. The largest absolute Gasteiger partial charge is 0.474 e. The molecule has 0 spiro atoms. The highest BCUT2D eigenvalue weighted by Gasteiger charge is 2.21. The summed E-state index contributed by atoms with van der Waals surface area (Å²) in [5.41, 5.74) is 1.10. The minimum atomic E-state index is 0. The minimum absolute atomic E-state index is 0. The van der Waals surface area contributed by atoms with Crippen LogP contribution in [0.2, 0.25) is 0 Å². The van der Waals surface area contributed by atoms with Gasteiger partial charge in [0.25, 0.3) is 0 Å². The molecule has 6 nitrogen and oxygen atoms in total. The number of halogens is 1. The Hall–Kier alpha value is -1.09. The van der Waals surface area contributed by atoms with Crippen LogP contribution in [0.15, 0.2) is 23.3 Å². The summed E-state index contributed by atoms with van der Waals surface area (Å²) < 4.78 is 5.94. The molecule has 29 heavy (non-hydrogen) atoms. The molecule has 2 aliphatic rings. The highest BCUT2D eigenvalue weighted by Crippen LogP contribution is 2.23. The lowest BCUT2D eigenvalue weighted by Crippen LogP contribution is -2.49. The van der Waals surface area contributed by atoms with E-state index < -0.39 is 0 Å². The molecule has 1 aromatic heterocycles. The van der Waals surface area contributed by atoms with Crippen molar-refractivity contribution in [2.45, 2.75) is 84.0 Å². The Morgan fingerprint density at radius 1 is 1.21 bits per heavy atom. The van der Waals surface area contributed by atoms with Crippen molar-refractivity contribution in [3.63, 3.8) is 0 Å². The third-order valence-corrected chi connectivity index (χ3v) is 5.75. The second-order valence-corrected chi connectivity index (χ2v) is 8.27. The third kappa shape index (κ3) is 7.92. The molecule has 1 saturated carbocycles. The van der Waals surface area contributed by atoms with Gasteiger partial charge in [-0.1, -0.05) is 6.07 Å². The van der Waals surface area contributed by atoms with Crippen molar-refractivity contribution in [3.05, 3.63) is 23.9 Å². The van der Waals surface area contributed by atoms with Gasteiger partial charge in [-0.2, -0.15) is 0 Å². The highest BCUT2D eigenvalue weighted by atomic mass is 127. The van der Waals surface area contributed by atoms with Crippen molar-refractivity contribution >= 4 is 29.9 Å². The van der Waals surface area contributed by atoms with E-state index in [1.54, 1.807) is 0 Å². The lowest BCUT2D eigenvalue weighted by Gasteiger charge is -2.35. The lowest BCUT2D eigenvalue weighted by atomic mass is 10.0. The number of aromatic nitrogens is 1. The molecule has 164 valence electrons. The number of rotatable bonds is 7. The maximum Gasteiger partial charge on any atom is 0.213 e. The zero-order valence-electron chi connectivity index (χ0n) is 18.2. The van der Waals surface area contributed by atoms with Gasteiger partial charge in [-0.05, 0) is 64.9 Å². The summed E-state index contributed by atoms with van der Waals surface area (Å²) >= 11 is 0. The molecule has 2 N–H and O–H groups in total. The van der Waals surface area contributed by atoms with E-state index in [0.717, 1.165) is 62.7 Å². The first-order valence-electron chi connectivity index (χ1n) is 11.0. The Labute approximate surface area is 193 Å². The van der Waals surface area contributed by atoms with E-state index in [1.807, 2.05) is 12.3 Å². The summed E-state index contributed by atoms with van der Waals surface area (Å²) in [6.45, 7) is 10.5. The van der Waals surface area contributed by atoms with Gasteiger partial charge >= 0.3 is 0 Å². The standard InChI is InChI=1S/C22H37N5O.HI/c1-4-23-22(26-19-11-13-27(14-12-19)17(2)3)25-16-18-9-10-21(24-15-18)28-20-7-5-6-8-20;/h9-10,15,17,19-20H,4-8,11-14,16H2,1-3H3,(H2,23,25,26);1H. The summed E-state index contributed by atoms with van der Waals surface area (Å²) in [6, 6.07) is 5.18. The van der Waals surface area contributed by atoms with E-state index in [2.05, 4.69) is 47.4 Å². The molecule has 7 heteroatoms.